The summed E-state index contributed by atoms with van der Waals surface area (Å²) in [5.41, 5.74) is 2.71. The highest BCUT2D eigenvalue weighted by Gasteiger charge is 2.14. The highest BCUT2D eigenvalue weighted by Crippen LogP contribution is 2.23. The maximum absolute atomic E-state index is 11.4. The molecule has 8 nitrogen and oxygen atoms in total. The second-order valence-corrected chi connectivity index (χ2v) is 8.79. The lowest BCUT2D eigenvalue weighted by molar-refractivity contribution is 0.598. The first-order valence-corrected chi connectivity index (χ1v) is 11.7. The standard InChI is InChI=1S/C22H24N6O2S/c1-2-6-20-26-21(24-14-13-16-9-11-18(12-10-16)31(23,29)30)19-15-25-28(22(19)27-20)17-7-4-3-5-8-17/h3-5,7-12,15H,2,6,13-14H2,1H3,(H2,23,29,30)(H,24,26,27). The highest BCUT2D eigenvalue weighted by molar-refractivity contribution is 7.89. The van der Waals surface area contributed by atoms with Crippen molar-refractivity contribution < 1.29 is 8.42 Å². The van der Waals surface area contributed by atoms with Crippen molar-refractivity contribution in [2.75, 3.05) is 11.9 Å². The minimum atomic E-state index is -3.68. The molecule has 2 aromatic carbocycles. The van der Waals surface area contributed by atoms with Crippen LogP contribution in [0.3, 0.4) is 0 Å². The van der Waals surface area contributed by atoms with E-state index in [0.29, 0.717) is 13.0 Å². The number of nitrogens with zero attached hydrogens (tertiary/aromatic N) is 4. The van der Waals surface area contributed by atoms with E-state index in [-0.39, 0.29) is 4.90 Å². The maximum Gasteiger partial charge on any atom is 0.238 e. The van der Waals surface area contributed by atoms with E-state index < -0.39 is 10.0 Å². The Bertz CT molecular complexity index is 1290. The first kappa shape index (κ1) is 21.0. The van der Waals surface area contributed by atoms with Crippen LogP contribution in [0.15, 0.2) is 65.7 Å². The smallest absolute Gasteiger partial charge is 0.238 e. The van der Waals surface area contributed by atoms with Crippen LogP contribution < -0.4 is 10.5 Å². The summed E-state index contributed by atoms with van der Waals surface area (Å²) < 4.78 is 24.6. The SMILES string of the molecule is CCCc1nc(NCCc2ccc(S(N)(=O)=O)cc2)c2cnn(-c3ccccc3)c2n1. The van der Waals surface area contributed by atoms with Crippen LogP contribution in [0.5, 0.6) is 0 Å². The number of aromatic nitrogens is 4. The number of benzene rings is 2. The lowest BCUT2D eigenvalue weighted by Gasteiger charge is -2.10. The number of primary sulfonamides is 1. The Balaban J connectivity index is 1.57. The zero-order valence-electron chi connectivity index (χ0n) is 17.2. The first-order chi connectivity index (χ1) is 15.0. The van der Waals surface area contributed by atoms with Gasteiger partial charge in [-0.25, -0.2) is 28.2 Å². The minimum absolute atomic E-state index is 0.110. The Morgan fingerprint density at radius 3 is 2.42 bits per heavy atom. The number of para-hydroxylation sites is 1. The molecule has 0 radical (unpaired) electrons. The largest absolute Gasteiger partial charge is 0.369 e. The van der Waals surface area contributed by atoms with Gasteiger partial charge in [0.2, 0.25) is 10.0 Å². The number of hydrogen-bond acceptors (Lipinski definition) is 6. The van der Waals surface area contributed by atoms with Crippen molar-refractivity contribution >= 4 is 26.9 Å². The zero-order chi connectivity index (χ0) is 21.8. The molecule has 2 heterocycles. The molecule has 0 aliphatic heterocycles. The Kier molecular flexibility index (Phi) is 5.97. The topological polar surface area (TPSA) is 116 Å². The molecule has 0 saturated carbocycles. The Morgan fingerprint density at radius 1 is 1.00 bits per heavy atom. The van der Waals surface area contributed by atoms with Crippen LogP contribution in [-0.4, -0.2) is 34.7 Å². The number of aryl methyl sites for hydroxylation is 1. The molecule has 0 saturated heterocycles. The minimum Gasteiger partial charge on any atom is -0.369 e. The number of nitrogens with one attached hydrogen (secondary N) is 1. The van der Waals surface area contributed by atoms with Gasteiger partial charge in [0, 0.05) is 13.0 Å². The van der Waals surface area contributed by atoms with Crippen LogP contribution >= 0.6 is 0 Å². The van der Waals surface area contributed by atoms with Gasteiger partial charge in [0.05, 0.1) is 22.2 Å². The number of hydrogen-bond donors (Lipinski definition) is 2. The molecular weight excluding hydrogens is 412 g/mol. The lowest BCUT2D eigenvalue weighted by Crippen LogP contribution is -2.12. The fraction of sp³-hybridized carbons (Fsp3) is 0.227. The Hall–Kier alpha value is -3.30. The average molecular weight is 437 g/mol. The van der Waals surface area contributed by atoms with Crippen molar-refractivity contribution in [3.63, 3.8) is 0 Å². The van der Waals surface area contributed by atoms with Crippen LogP contribution in [0.25, 0.3) is 16.7 Å². The fourth-order valence-electron chi connectivity index (χ4n) is 3.35. The van der Waals surface area contributed by atoms with Crippen molar-refractivity contribution in [3.8, 4) is 5.69 Å². The van der Waals surface area contributed by atoms with Gasteiger partial charge < -0.3 is 5.32 Å². The van der Waals surface area contributed by atoms with E-state index in [0.717, 1.165) is 46.8 Å². The first-order valence-electron chi connectivity index (χ1n) is 10.1. The van der Waals surface area contributed by atoms with Gasteiger partial charge >= 0.3 is 0 Å². The average Bonchev–Trinajstić information content (AvgIpc) is 3.18. The number of rotatable bonds is 8. The van der Waals surface area contributed by atoms with Gasteiger partial charge in [-0.05, 0) is 42.7 Å². The van der Waals surface area contributed by atoms with E-state index in [4.69, 9.17) is 15.1 Å². The molecule has 2 aromatic heterocycles. The molecule has 9 heteroatoms. The summed E-state index contributed by atoms with van der Waals surface area (Å²) in [5, 5.41) is 13.9. The molecule has 160 valence electrons. The molecule has 0 spiro atoms. The maximum atomic E-state index is 11.4. The van der Waals surface area contributed by atoms with Gasteiger partial charge in [-0.2, -0.15) is 5.10 Å². The molecule has 0 unspecified atom stereocenters. The third kappa shape index (κ3) is 4.73. The molecule has 0 fully saturated rings. The predicted octanol–water partition coefficient (Wildman–Crippen LogP) is 3.07. The van der Waals surface area contributed by atoms with Crippen molar-refractivity contribution in [1.82, 2.24) is 19.7 Å². The van der Waals surface area contributed by atoms with Crippen LogP contribution in [0, 0.1) is 0 Å². The third-order valence-corrected chi connectivity index (χ3v) is 5.84. The molecule has 0 bridgehead atoms. The second kappa shape index (κ2) is 8.83. The summed E-state index contributed by atoms with van der Waals surface area (Å²) in [6, 6.07) is 16.5. The molecule has 3 N–H and O–H groups in total. The van der Waals surface area contributed by atoms with Crippen molar-refractivity contribution in [2.45, 2.75) is 31.1 Å². The Morgan fingerprint density at radius 2 is 1.74 bits per heavy atom. The Labute approximate surface area is 181 Å². The van der Waals surface area contributed by atoms with Crippen molar-refractivity contribution in [2.24, 2.45) is 5.14 Å². The molecule has 4 rings (SSSR count). The molecule has 0 amide bonds. The quantitative estimate of drug-likeness (QED) is 0.439. The van der Waals surface area contributed by atoms with E-state index in [1.165, 1.54) is 12.1 Å². The second-order valence-electron chi connectivity index (χ2n) is 7.23. The third-order valence-electron chi connectivity index (χ3n) is 4.91. The monoisotopic (exact) mass is 436 g/mol. The number of nitrogens with two attached hydrogens (primary N) is 1. The summed E-state index contributed by atoms with van der Waals surface area (Å²) in [7, 11) is -3.68. The van der Waals surface area contributed by atoms with E-state index >= 15 is 0 Å². The van der Waals surface area contributed by atoms with Gasteiger partial charge in [-0.3, -0.25) is 0 Å². The predicted molar refractivity (Wildman–Crippen MR) is 121 cm³/mol. The van der Waals surface area contributed by atoms with Crippen LogP contribution in [0.2, 0.25) is 0 Å². The van der Waals surface area contributed by atoms with Crippen LogP contribution in [0.4, 0.5) is 5.82 Å². The summed E-state index contributed by atoms with van der Waals surface area (Å²) in [6.45, 7) is 2.73. The van der Waals surface area contributed by atoms with Gasteiger partial charge in [0.1, 0.15) is 11.6 Å². The van der Waals surface area contributed by atoms with Crippen molar-refractivity contribution in [3.05, 3.63) is 72.2 Å². The number of anilines is 1. The molecule has 31 heavy (non-hydrogen) atoms. The fourth-order valence-corrected chi connectivity index (χ4v) is 3.87. The highest BCUT2D eigenvalue weighted by atomic mass is 32.2. The summed E-state index contributed by atoms with van der Waals surface area (Å²) in [4.78, 5) is 9.56. The van der Waals surface area contributed by atoms with E-state index in [1.807, 2.05) is 35.0 Å². The molecular formula is C22H24N6O2S. The van der Waals surface area contributed by atoms with E-state index in [1.54, 1.807) is 18.3 Å². The lowest BCUT2D eigenvalue weighted by atomic mass is 10.1. The van der Waals surface area contributed by atoms with E-state index in [9.17, 15) is 8.42 Å². The number of sulfonamides is 1. The summed E-state index contributed by atoms with van der Waals surface area (Å²) >= 11 is 0. The van der Waals surface area contributed by atoms with E-state index in [2.05, 4.69) is 17.3 Å². The summed E-state index contributed by atoms with van der Waals surface area (Å²) in [6.07, 6.45) is 4.20. The van der Waals surface area contributed by atoms with Gasteiger partial charge in [0.25, 0.3) is 0 Å². The normalized spacial score (nSPS) is 11.7. The van der Waals surface area contributed by atoms with Crippen LogP contribution in [0.1, 0.15) is 24.7 Å². The number of fused-ring (bicyclic) bond motifs is 1. The molecule has 0 atom stereocenters. The van der Waals surface area contributed by atoms with Gasteiger partial charge in [-0.1, -0.05) is 37.3 Å². The van der Waals surface area contributed by atoms with Crippen molar-refractivity contribution in [1.29, 1.82) is 0 Å². The molecule has 4 aromatic rings. The van der Waals surface area contributed by atoms with Gasteiger partial charge in [-0.15, -0.1) is 0 Å². The zero-order valence-corrected chi connectivity index (χ0v) is 18.0. The molecule has 0 aliphatic rings. The van der Waals surface area contributed by atoms with Gasteiger partial charge in [0.15, 0.2) is 5.65 Å². The van der Waals surface area contributed by atoms with Crippen LogP contribution in [-0.2, 0) is 22.9 Å². The molecule has 0 aliphatic carbocycles. The summed E-state index contributed by atoms with van der Waals surface area (Å²) in [5.74, 6) is 1.52.